The van der Waals surface area contributed by atoms with Gasteiger partial charge in [0.1, 0.15) is 11.4 Å². The summed E-state index contributed by atoms with van der Waals surface area (Å²) in [4.78, 5) is 30.9. The van der Waals surface area contributed by atoms with Crippen molar-refractivity contribution in [3.05, 3.63) is 27.1 Å². The first-order valence-electron chi connectivity index (χ1n) is 7.86. The molecule has 22 heavy (non-hydrogen) atoms. The zero-order valence-electron chi connectivity index (χ0n) is 12.8. The van der Waals surface area contributed by atoms with Crippen molar-refractivity contribution in [3.8, 4) is 0 Å². The van der Waals surface area contributed by atoms with Crippen LogP contribution in [0.4, 0.5) is 0 Å². The highest BCUT2D eigenvalue weighted by molar-refractivity contribution is 7.18. The van der Waals surface area contributed by atoms with Crippen molar-refractivity contribution in [1.29, 1.82) is 0 Å². The lowest BCUT2D eigenvalue weighted by Gasteiger charge is -2.10. The van der Waals surface area contributed by atoms with Crippen molar-refractivity contribution in [1.82, 2.24) is 9.55 Å². The molecule has 0 radical (unpaired) electrons. The Bertz CT molecular complexity index is 748. The molecule has 0 saturated heterocycles. The summed E-state index contributed by atoms with van der Waals surface area (Å²) in [6.45, 7) is 2.39. The predicted octanol–water partition coefficient (Wildman–Crippen LogP) is 2.68. The molecule has 0 aromatic carbocycles. The highest BCUT2D eigenvalue weighted by atomic mass is 32.1. The number of aromatic nitrogens is 2. The Kier molecular flexibility index (Phi) is 4.57. The molecule has 2 heterocycles. The Hall–Kier alpha value is -1.69. The second-order valence-electron chi connectivity index (χ2n) is 5.64. The molecule has 0 saturated carbocycles. The van der Waals surface area contributed by atoms with Gasteiger partial charge < -0.3 is 4.74 Å². The van der Waals surface area contributed by atoms with Gasteiger partial charge in [-0.25, -0.2) is 4.98 Å². The van der Waals surface area contributed by atoms with E-state index in [9.17, 15) is 9.59 Å². The van der Waals surface area contributed by atoms with E-state index in [1.807, 2.05) is 6.92 Å². The number of thiophene rings is 1. The van der Waals surface area contributed by atoms with Crippen LogP contribution in [0.25, 0.3) is 10.2 Å². The maximum atomic E-state index is 12.6. The summed E-state index contributed by atoms with van der Waals surface area (Å²) < 4.78 is 6.50. The molecule has 2 aromatic rings. The second kappa shape index (κ2) is 6.60. The van der Waals surface area contributed by atoms with Crippen LogP contribution in [0.5, 0.6) is 0 Å². The minimum Gasteiger partial charge on any atom is -0.464 e. The van der Waals surface area contributed by atoms with E-state index < -0.39 is 0 Å². The van der Waals surface area contributed by atoms with Gasteiger partial charge in [0.2, 0.25) is 0 Å². The van der Waals surface area contributed by atoms with E-state index in [1.165, 1.54) is 22.2 Å². The molecule has 118 valence electrons. The van der Waals surface area contributed by atoms with Crippen LogP contribution < -0.4 is 5.56 Å². The summed E-state index contributed by atoms with van der Waals surface area (Å²) in [7, 11) is 0. The Labute approximate surface area is 132 Å². The van der Waals surface area contributed by atoms with Crippen LogP contribution in [0.15, 0.2) is 11.1 Å². The van der Waals surface area contributed by atoms with Crippen LogP contribution in [0, 0.1) is 0 Å². The average molecular weight is 320 g/mol. The fourth-order valence-electron chi connectivity index (χ4n) is 2.81. The van der Waals surface area contributed by atoms with E-state index in [0.29, 0.717) is 12.0 Å². The first-order chi connectivity index (χ1) is 10.7. The van der Waals surface area contributed by atoms with Gasteiger partial charge in [0, 0.05) is 4.88 Å². The van der Waals surface area contributed by atoms with Crippen molar-refractivity contribution in [2.24, 2.45) is 0 Å². The maximum Gasteiger partial charge on any atom is 0.326 e. The SMILES string of the molecule is CCCCOC(=O)Cn1cnc2sc3c(c2c1=O)CCCC3. The molecule has 0 bridgehead atoms. The number of esters is 1. The first-order valence-corrected chi connectivity index (χ1v) is 8.67. The van der Waals surface area contributed by atoms with Crippen LogP contribution >= 0.6 is 11.3 Å². The number of fused-ring (bicyclic) bond motifs is 3. The molecule has 0 amide bonds. The second-order valence-corrected chi connectivity index (χ2v) is 6.73. The quantitative estimate of drug-likeness (QED) is 0.628. The summed E-state index contributed by atoms with van der Waals surface area (Å²) >= 11 is 1.62. The fraction of sp³-hybridized carbons (Fsp3) is 0.562. The monoisotopic (exact) mass is 320 g/mol. The largest absolute Gasteiger partial charge is 0.464 e. The zero-order valence-corrected chi connectivity index (χ0v) is 13.6. The molecule has 1 aliphatic carbocycles. The summed E-state index contributed by atoms with van der Waals surface area (Å²) in [6, 6.07) is 0. The molecule has 0 fully saturated rings. The minimum atomic E-state index is -0.374. The number of nitrogens with zero attached hydrogens (tertiary/aromatic N) is 2. The lowest BCUT2D eigenvalue weighted by Crippen LogP contribution is -2.26. The summed E-state index contributed by atoms with van der Waals surface area (Å²) in [5.41, 5.74) is 1.04. The molecule has 2 aromatic heterocycles. The Morgan fingerprint density at radius 1 is 1.41 bits per heavy atom. The van der Waals surface area contributed by atoms with Crippen LogP contribution in [-0.4, -0.2) is 22.1 Å². The van der Waals surface area contributed by atoms with Gasteiger partial charge in [-0.15, -0.1) is 11.3 Å². The summed E-state index contributed by atoms with van der Waals surface area (Å²) in [5.74, 6) is -0.374. The van der Waals surface area contributed by atoms with E-state index in [1.54, 1.807) is 11.3 Å². The van der Waals surface area contributed by atoms with E-state index >= 15 is 0 Å². The first kappa shape index (κ1) is 15.2. The van der Waals surface area contributed by atoms with Gasteiger partial charge in [-0.3, -0.25) is 14.2 Å². The fourth-order valence-corrected chi connectivity index (χ4v) is 4.03. The number of hydrogen-bond acceptors (Lipinski definition) is 5. The van der Waals surface area contributed by atoms with Gasteiger partial charge in [0.25, 0.3) is 5.56 Å². The maximum absolute atomic E-state index is 12.6. The molecule has 3 rings (SSSR count). The predicted molar refractivity (Wildman–Crippen MR) is 86.4 cm³/mol. The highest BCUT2D eigenvalue weighted by Gasteiger charge is 2.20. The van der Waals surface area contributed by atoms with Crippen molar-refractivity contribution < 1.29 is 9.53 Å². The zero-order chi connectivity index (χ0) is 15.5. The van der Waals surface area contributed by atoms with Gasteiger partial charge in [0.05, 0.1) is 18.3 Å². The lowest BCUT2D eigenvalue weighted by molar-refractivity contribution is -0.144. The summed E-state index contributed by atoms with van der Waals surface area (Å²) in [5, 5.41) is 0.712. The summed E-state index contributed by atoms with van der Waals surface area (Å²) in [6.07, 6.45) is 7.56. The van der Waals surface area contributed by atoms with Gasteiger partial charge in [0.15, 0.2) is 0 Å². The molecule has 0 atom stereocenters. The molecule has 0 spiro atoms. The molecule has 5 nitrogen and oxygen atoms in total. The molecular formula is C16H20N2O3S. The highest BCUT2D eigenvalue weighted by Crippen LogP contribution is 2.33. The number of ether oxygens (including phenoxy) is 1. The van der Waals surface area contributed by atoms with Crippen LogP contribution in [-0.2, 0) is 28.9 Å². The minimum absolute atomic E-state index is 0.0594. The van der Waals surface area contributed by atoms with Crippen molar-refractivity contribution >= 4 is 27.5 Å². The van der Waals surface area contributed by atoms with Crippen LogP contribution in [0.3, 0.4) is 0 Å². The molecule has 1 aliphatic rings. The Balaban J connectivity index is 1.87. The van der Waals surface area contributed by atoms with E-state index in [0.717, 1.165) is 42.5 Å². The standard InChI is InChI=1S/C16H20N2O3S/c1-2-3-8-21-13(19)9-18-10-17-15-14(16(18)20)11-6-4-5-7-12(11)22-15/h10H,2-9H2,1H3. The molecular weight excluding hydrogens is 300 g/mol. The normalized spacial score (nSPS) is 14.0. The van der Waals surface area contributed by atoms with Gasteiger partial charge in [-0.05, 0) is 37.7 Å². The average Bonchev–Trinajstić information content (AvgIpc) is 2.89. The van der Waals surface area contributed by atoms with Gasteiger partial charge in [-0.1, -0.05) is 13.3 Å². The third-order valence-electron chi connectivity index (χ3n) is 4.00. The molecule has 6 heteroatoms. The van der Waals surface area contributed by atoms with Crippen LogP contribution in [0.2, 0.25) is 0 Å². The Morgan fingerprint density at radius 3 is 3.05 bits per heavy atom. The number of carbonyl (C=O) groups is 1. The number of aryl methyl sites for hydroxylation is 2. The Morgan fingerprint density at radius 2 is 2.23 bits per heavy atom. The third kappa shape index (κ3) is 2.92. The molecule has 0 N–H and O–H groups in total. The van der Waals surface area contributed by atoms with E-state index in [-0.39, 0.29) is 18.1 Å². The molecule has 0 unspecified atom stereocenters. The van der Waals surface area contributed by atoms with Crippen LogP contribution in [0.1, 0.15) is 43.0 Å². The van der Waals surface area contributed by atoms with Crippen molar-refractivity contribution in [3.63, 3.8) is 0 Å². The smallest absolute Gasteiger partial charge is 0.326 e. The van der Waals surface area contributed by atoms with Crippen molar-refractivity contribution in [2.75, 3.05) is 6.61 Å². The number of hydrogen-bond donors (Lipinski definition) is 0. The van der Waals surface area contributed by atoms with Gasteiger partial charge >= 0.3 is 5.97 Å². The third-order valence-corrected chi connectivity index (χ3v) is 5.20. The number of carbonyl (C=O) groups excluding carboxylic acids is 1. The van der Waals surface area contributed by atoms with E-state index in [2.05, 4.69) is 4.98 Å². The topological polar surface area (TPSA) is 61.2 Å². The van der Waals surface area contributed by atoms with E-state index in [4.69, 9.17) is 4.74 Å². The lowest BCUT2D eigenvalue weighted by atomic mass is 9.97. The van der Waals surface area contributed by atoms with Gasteiger partial charge in [-0.2, -0.15) is 0 Å². The molecule has 0 aliphatic heterocycles. The number of rotatable bonds is 5. The number of unbranched alkanes of at least 4 members (excludes halogenated alkanes) is 1. The van der Waals surface area contributed by atoms with Crippen molar-refractivity contribution in [2.45, 2.75) is 52.0 Å².